The van der Waals surface area contributed by atoms with Crippen LogP contribution in [0.15, 0.2) is 60.8 Å². The summed E-state index contributed by atoms with van der Waals surface area (Å²) >= 11 is 0. The number of hydrogen-bond acceptors (Lipinski definition) is 8. The van der Waals surface area contributed by atoms with Gasteiger partial charge in [0.15, 0.2) is 0 Å². The molecule has 4 N–H and O–H groups in total. The molecule has 0 spiro atoms. The lowest BCUT2D eigenvalue weighted by atomic mass is 10.0. The van der Waals surface area contributed by atoms with E-state index < -0.39 is 45.1 Å². The maximum atomic E-state index is 12.7. The Morgan fingerprint density at radius 1 is 0.559 bits per heavy atom. The number of allylic oxidation sites excluding steroid dienone is 10. The highest BCUT2D eigenvalue weighted by molar-refractivity contribution is 7.47. The van der Waals surface area contributed by atoms with Crippen LogP contribution in [-0.4, -0.2) is 60.5 Å². The van der Waals surface area contributed by atoms with Crippen LogP contribution in [0.3, 0.4) is 0 Å². The zero-order valence-corrected chi connectivity index (χ0v) is 38.2. The topological polar surface area (TPSA) is 155 Å². The third kappa shape index (κ3) is 43.6. The van der Waals surface area contributed by atoms with Gasteiger partial charge in [0.25, 0.3) is 0 Å². The number of unbranched alkanes of at least 4 members (excludes halogenated alkanes) is 20. The van der Waals surface area contributed by atoms with Crippen molar-refractivity contribution in [2.45, 2.75) is 206 Å². The first-order valence-corrected chi connectivity index (χ1v) is 24.8. The molecular weight excluding hydrogens is 766 g/mol. The molecule has 0 aliphatic heterocycles. The zero-order chi connectivity index (χ0) is 43.3. The number of carbonyl (C=O) groups is 2. The summed E-state index contributed by atoms with van der Waals surface area (Å²) in [7, 11) is -4.63. The first-order valence-electron chi connectivity index (χ1n) is 23.3. The molecule has 0 aromatic rings. The number of carboxylic acids is 1. The quantitative estimate of drug-likeness (QED) is 0.0233. The zero-order valence-electron chi connectivity index (χ0n) is 37.3. The molecule has 0 saturated carbocycles. The van der Waals surface area contributed by atoms with Gasteiger partial charge in [-0.05, 0) is 57.8 Å². The molecule has 0 heterocycles. The van der Waals surface area contributed by atoms with Gasteiger partial charge in [-0.2, -0.15) is 0 Å². The van der Waals surface area contributed by atoms with Crippen LogP contribution < -0.4 is 5.73 Å². The predicted octanol–water partition coefficient (Wildman–Crippen LogP) is 13.2. The van der Waals surface area contributed by atoms with Crippen LogP contribution in [0.5, 0.6) is 0 Å². The number of rotatable bonds is 44. The Labute approximate surface area is 360 Å². The third-order valence-corrected chi connectivity index (χ3v) is 10.8. The van der Waals surface area contributed by atoms with Crippen LogP contribution in [0.4, 0.5) is 0 Å². The van der Waals surface area contributed by atoms with Crippen LogP contribution in [-0.2, 0) is 32.7 Å². The maximum absolute atomic E-state index is 12.7. The van der Waals surface area contributed by atoms with Gasteiger partial charge in [-0.15, -0.1) is 0 Å². The second-order valence-corrected chi connectivity index (χ2v) is 17.0. The van der Waals surface area contributed by atoms with Gasteiger partial charge in [-0.25, -0.2) is 4.57 Å². The number of aliphatic carboxylic acids is 1. The van der Waals surface area contributed by atoms with E-state index >= 15 is 0 Å². The molecule has 10 nitrogen and oxygen atoms in total. The lowest BCUT2D eigenvalue weighted by molar-refractivity contribution is -0.154. The molecule has 11 heteroatoms. The number of carbonyl (C=O) groups excluding carboxylic acids is 1. The highest BCUT2D eigenvalue weighted by Crippen LogP contribution is 2.43. The van der Waals surface area contributed by atoms with Crippen LogP contribution >= 0.6 is 7.82 Å². The summed E-state index contributed by atoms with van der Waals surface area (Å²) in [6.45, 7) is 3.76. The summed E-state index contributed by atoms with van der Waals surface area (Å²) in [4.78, 5) is 33.6. The van der Waals surface area contributed by atoms with E-state index in [-0.39, 0.29) is 13.0 Å². The minimum atomic E-state index is -4.63. The molecule has 3 atom stereocenters. The van der Waals surface area contributed by atoms with E-state index in [1.807, 2.05) is 0 Å². The van der Waals surface area contributed by atoms with E-state index in [4.69, 9.17) is 29.4 Å². The molecule has 3 unspecified atom stereocenters. The molecule has 59 heavy (non-hydrogen) atoms. The molecular formula is C48H86NO9P. The van der Waals surface area contributed by atoms with Crippen molar-refractivity contribution in [1.82, 2.24) is 0 Å². The van der Waals surface area contributed by atoms with Gasteiger partial charge in [0.05, 0.1) is 19.8 Å². The normalized spacial score (nSPS) is 14.4. The Kier molecular flexibility index (Phi) is 42.0. The number of phosphoric ester groups is 1. The van der Waals surface area contributed by atoms with E-state index in [1.54, 1.807) is 0 Å². The van der Waals surface area contributed by atoms with Gasteiger partial charge in [0.2, 0.25) is 0 Å². The van der Waals surface area contributed by atoms with E-state index in [2.05, 4.69) is 74.6 Å². The number of ether oxygens (including phenoxy) is 2. The molecule has 342 valence electrons. The molecule has 0 saturated heterocycles. The summed E-state index contributed by atoms with van der Waals surface area (Å²) in [5, 5.41) is 8.91. The van der Waals surface area contributed by atoms with E-state index in [0.717, 1.165) is 83.5 Å². The van der Waals surface area contributed by atoms with Gasteiger partial charge in [0.1, 0.15) is 12.1 Å². The predicted molar refractivity (Wildman–Crippen MR) is 244 cm³/mol. The maximum Gasteiger partial charge on any atom is 0.472 e. The van der Waals surface area contributed by atoms with E-state index in [9.17, 15) is 19.0 Å². The second-order valence-electron chi connectivity index (χ2n) is 15.5. The average molecular weight is 852 g/mol. The molecule has 0 aliphatic rings. The van der Waals surface area contributed by atoms with Gasteiger partial charge in [-0.3, -0.25) is 18.6 Å². The van der Waals surface area contributed by atoms with Gasteiger partial charge in [-0.1, -0.05) is 190 Å². The van der Waals surface area contributed by atoms with Gasteiger partial charge >= 0.3 is 19.8 Å². The number of esters is 1. The Balaban J connectivity index is 4.24. The first-order chi connectivity index (χ1) is 28.7. The fourth-order valence-electron chi connectivity index (χ4n) is 6.22. The summed E-state index contributed by atoms with van der Waals surface area (Å²) in [6.07, 6.45) is 52.7. The van der Waals surface area contributed by atoms with Crippen molar-refractivity contribution < 1.29 is 42.7 Å². The number of hydrogen-bond donors (Lipinski definition) is 3. The van der Waals surface area contributed by atoms with Crippen LogP contribution in [0.25, 0.3) is 0 Å². The van der Waals surface area contributed by atoms with Crippen molar-refractivity contribution in [2.24, 2.45) is 5.73 Å². The van der Waals surface area contributed by atoms with Crippen molar-refractivity contribution in [1.29, 1.82) is 0 Å². The summed E-state index contributed by atoms with van der Waals surface area (Å²) in [5.74, 6) is -1.80. The summed E-state index contributed by atoms with van der Waals surface area (Å²) in [5.41, 5.74) is 5.36. The van der Waals surface area contributed by atoms with Crippen LogP contribution in [0.1, 0.15) is 194 Å². The largest absolute Gasteiger partial charge is 0.480 e. The Morgan fingerprint density at radius 3 is 1.47 bits per heavy atom. The van der Waals surface area contributed by atoms with Crippen LogP contribution in [0.2, 0.25) is 0 Å². The average Bonchev–Trinajstić information content (AvgIpc) is 3.21. The molecule has 0 aromatic heterocycles. The van der Waals surface area contributed by atoms with Crippen molar-refractivity contribution >= 4 is 19.8 Å². The van der Waals surface area contributed by atoms with Crippen molar-refractivity contribution in [3.05, 3.63) is 60.8 Å². The molecule has 0 aliphatic carbocycles. The monoisotopic (exact) mass is 852 g/mol. The highest BCUT2D eigenvalue weighted by Gasteiger charge is 2.27. The standard InChI is InChI=1S/C48H86NO9P/c1-3-5-7-9-11-13-15-17-19-21-22-23-24-25-26-28-30-32-34-36-38-40-47(50)58-45(43-56-59(53,54)57-44-46(49)48(51)52)42-55-41-39-37-35-33-31-29-27-20-18-16-14-12-10-8-6-4-2/h5,7,11,13,17,19,22-23,25-26,45-46H,3-4,6,8-10,12,14-16,18,20-21,24,27-44,49H2,1-2H3,(H,51,52)(H,53,54)/b7-5-,13-11-,19-17-,23-22-,26-25-. The fraction of sp³-hybridized carbons (Fsp3) is 0.750. The minimum Gasteiger partial charge on any atom is -0.480 e. The van der Waals surface area contributed by atoms with Gasteiger partial charge < -0.3 is 25.2 Å². The molecule has 0 fully saturated rings. The van der Waals surface area contributed by atoms with E-state index in [1.165, 1.54) is 83.5 Å². The SMILES string of the molecule is CC/C=C\C/C=C\C/C=C\C/C=C\C/C=C\CCCCCCCC(=O)OC(COCCCCCCCCCCCCCCCCCC)COP(=O)(O)OCC(N)C(=O)O. The Morgan fingerprint density at radius 2 is 0.983 bits per heavy atom. The van der Waals surface area contributed by atoms with Crippen molar-refractivity contribution in [2.75, 3.05) is 26.4 Å². The summed E-state index contributed by atoms with van der Waals surface area (Å²) < 4.78 is 33.4. The summed E-state index contributed by atoms with van der Waals surface area (Å²) in [6, 6.07) is -1.48. The molecule has 0 amide bonds. The smallest absolute Gasteiger partial charge is 0.472 e. The Hall–Kier alpha value is -2.33. The fourth-order valence-corrected chi connectivity index (χ4v) is 7.00. The molecule has 0 aromatic carbocycles. The number of nitrogens with two attached hydrogens (primary N) is 1. The highest BCUT2D eigenvalue weighted by atomic mass is 31.2. The minimum absolute atomic E-state index is 0.00885. The van der Waals surface area contributed by atoms with Crippen molar-refractivity contribution in [3.63, 3.8) is 0 Å². The lowest BCUT2D eigenvalue weighted by Gasteiger charge is -2.20. The van der Waals surface area contributed by atoms with Gasteiger partial charge in [0, 0.05) is 13.0 Å². The second kappa shape index (κ2) is 43.7. The molecule has 0 rings (SSSR count). The third-order valence-electron chi connectivity index (χ3n) is 9.81. The lowest BCUT2D eigenvalue weighted by Crippen LogP contribution is -2.34. The van der Waals surface area contributed by atoms with Crippen LogP contribution in [0, 0.1) is 0 Å². The first kappa shape index (κ1) is 56.7. The van der Waals surface area contributed by atoms with E-state index in [0.29, 0.717) is 13.0 Å². The number of phosphoric acid groups is 1. The number of carboxylic acid groups (broad SMARTS) is 1. The molecule has 0 radical (unpaired) electrons. The Bertz CT molecular complexity index is 1170. The van der Waals surface area contributed by atoms with Crippen molar-refractivity contribution in [3.8, 4) is 0 Å². The molecule has 0 bridgehead atoms.